The molecule has 0 radical (unpaired) electrons. The van der Waals surface area contributed by atoms with E-state index >= 15 is 0 Å². The van der Waals surface area contributed by atoms with Crippen molar-refractivity contribution in [3.05, 3.63) is 41.0 Å². The summed E-state index contributed by atoms with van der Waals surface area (Å²) >= 11 is 4.61. The second kappa shape index (κ2) is 9.24. The first kappa shape index (κ1) is 21.8. The number of carbonyl (C=O) groups is 1. The predicted molar refractivity (Wildman–Crippen MR) is 117 cm³/mol. The molecule has 3 rings (SSSR count). The molecule has 0 fully saturated rings. The molecule has 0 aliphatic rings. The van der Waals surface area contributed by atoms with Crippen molar-refractivity contribution in [2.45, 2.75) is 23.9 Å². The fraction of sp³-hybridized carbons (Fsp3) is 0.278. The number of benzene rings is 1. The summed E-state index contributed by atoms with van der Waals surface area (Å²) < 4.78 is 27.2. The number of H-pyrrole nitrogens is 1. The molecule has 11 heteroatoms. The molecule has 0 aliphatic carbocycles. The maximum Gasteiger partial charge on any atom is 0.243 e. The van der Waals surface area contributed by atoms with Crippen LogP contribution in [0.25, 0.3) is 11.2 Å². The van der Waals surface area contributed by atoms with E-state index in [2.05, 4.69) is 36.2 Å². The van der Waals surface area contributed by atoms with Crippen molar-refractivity contribution in [2.75, 3.05) is 24.2 Å². The molecule has 29 heavy (non-hydrogen) atoms. The first-order valence-electron chi connectivity index (χ1n) is 8.87. The standard InChI is InChI=1S/C18H20BrN5O3S2/c1-3-24(4-2)29(26,27)14-7-5-13(6-8-14)21-16(25)11-28-18-22-15-9-12(19)10-20-17(15)23-18/h5-10H,3-4,11H2,1-2H3,(H,21,25)(H,20,22,23). The van der Waals surface area contributed by atoms with Crippen molar-refractivity contribution in [2.24, 2.45) is 0 Å². The third-order valence-electron chi connectivity index (χ3n) is 4.10. The lowest BCUT2D eigenvalue weighted by Crippen LogP contribution is -2.30. The summed E-state index contributed by atoms with van der Waals surface area (Å²) in [5, 5.41) is 3.36. The number of hydrogen-bond donors (Lipinski definition) is 2. The molecule has 0 unspecified atom stereocenters. The van der Waals surface area contributed by atoms with Gasteiger partial charge in [0.05, 0.1) is 16.2 Å². The number of rotatable bonds is 8. The molecule has 0 bridgehead atoms. The molecule has 3 aromatic rings. The lowest BCUT2D eigenvalue weighted by molar-refractivity contribution is -0.113. The minimum Gasteiger partial charge on any atom is -0.331 e. The number of anilines is 1. The Labute approximate surface area is 181 Å². The van der Waals surface area contributed by atoms with Crippen LogP contribution in [0, 0.1) is 0 Å². The lowest BCUT2D eigenvalue weighted by Gasteiger charge is -2.18. The van der Waals surface area contributed by atoms with Crippen LogP contribution in [0.15, 0.2) is 51.1 Å². The van der Waals surface area contributed by atoms with E-state index in [1.54, 1.807) is 32.2 Å². The van der Waals surface area contributed by atoms with Crippen LogP contribution in [0.1, 0.15) is 13.8 Å². The van der Waals surface area contributed by atoms with E-state index in [9.17, 15) is 13.2 Å². The first-order valence-corrected chi connectivity index (χ1v) is 12.1. The third kappa shape index (κ3) is 5.16. The number of fused-ring (bicyclic) bond motifs is 1. The van der Waals surface area contributed by atoms with Crippen molar-refractivity contribution in [3.63, 3.8) is 0 Å². The molecule has 2 N–H and O–H groups in total. The topological polar surface area (TPSA) is 108 Å². The van der Waals surface area contributed by atoms with Crippen LogP contribution in [0.5, 0.6) is 0 Å². The highest BCUT2D eigenvalue weighted by Gasteiger charge is 2.21. The normalized spacial score (nSPS) is 11.9. The average molecular weight is 498 g/mol. The number of hydrogen-bond acceptors (Lipinski definition) is 6. The molecule has 8 nitrogen and oxygen atoms in total. The van der Waals surface area contributed by atoms with E-state index in [-0.39, 0.29) is 16.6 Å². The smallest absolute Gasteiger partial charge is 0.243 e. The van der Waals surface area contributed by atoms with Crippen LogP contribution >= 0.6 is 27.7 Å². The number of amides is 1. The van der Waals surface area contributed by atoms with Crippen LogP contribution in [0.4, 0.5) is 5.69 Å². The number of imidazole rings is 1. The van der Waals surface area contributed by atoms with Gasteiger partial charge in [0, 0.05) is 29.4 Å². The van der Waals surface area contributed by atoms with Gasteiger partial charge in [-0.3, -0.25) is 4.79 Å². The van der Waals surface area contributed by atoms with Crippen molar-refractivity contribution >= 4 is 60.5 Å². The van der Waals surface area contributed by atoms with Gasteiger partial charge in [-0.05, 0) is 46.3 Å². The molecule has 1 aromatic carbocycles. The SMILES string of the molecule is CCN(CC)S(=O)(=O)c1ccc(NC(=O)CSc2nc3ncc(Br)cc3[nH]2)cc1. The summed E-state index contributed by atoms with van der Waals surface area (Å²) in [6.07, 6.45) is 1.66. The maximum absolute atomic E-state index is 12.5. The molecule has 0 aliphatic heterocycles. The van der Waals surface area contributed by atoms with Crippen LogP contribution in [0.2, 0.25) is 0 Å². The number of aromatic nitrogens is 3. The monoisotopic (exact) mass is 497 g/mol. The van der Waals surface area contributed by atoms with Gasteiger partial charge >= 0.3 is 0 Å². The van der Waals surface area contributed by atoms with Gasteiger partial charge in [0.2, 0.25) is 15.9 Å². The van der Waals surface area contributed by atoms with E-state index < -0.39 is 10.0 Å². The Morgan fingerprint density at radius 2 is 1.93 bits per heavy atom. The van der Waals surface area contributed by atoms with Crippen molar-refractivity contribution in [1.82, 2.24) is 19.3 Å². The van der Waals surface area contributed by atoms with Gasteiger partial charge in [-0.15, -0.1) is 0 Å². The quantitative estimate of drug-likeness (QED) is 0.461. The average Bonchev–Trinajstić information content (AvgIpc) is 3.09. The fourth-order valence-corrected chi connectivity index (χ4v) is 5.14. The molecule has 2 heterocycles. The van der Waals surface area contributed by atoms with Gasteiger partial charge in [-0.25, -0.2) is 18.4 Å². The van der Waals surface area contributed by atoms with Crippen LogP contribution < -0.4 is 5.32 Å². The van der Waals surface area contributed by atoms with Gasteiger partial charge in [-0.2, -0.15) is 4.31 Å². The van der Waals surface area contributed by atoms with E-state index in [0.29, 0.717) is 29.6 Å². The molecule has 0 saturated carbocycles. The minimum absolute atomic E-state index is 0.153. The molecule has 2 aromatic heterocycles. The van der Waals surface area contributed by atoms with E-state index in [4.69, 9.17) is 0 Å². The number of nitrogens with zero attached hydrogens (tertiary/aromatic N) is 3. The number of carbonyl (C=O) groups excluding carboxylic acids is 1. The van der Waals surface area contributed by atoms with Gasteiger partial charge in [0.1, 0.15) is 0 Å². The summed E-state index contributed by atoms with van der Waals surface area (Å²) in [6.45, 7) is 4.40. The summed E-state index contributed by atoms with van der Waals surface area (Å²) in [5.74, 6) is -0.0653. The van der Waals surface area contributed by atoms with Crippen LogP contribution in [-0.4, -0.2) is 52.4 Å². The highest BCUT2D eigenvalue weighted by Crippen LogP contribution is 2.22. The van der Waals surface area contributed by atoms with Gasteiger partial charge in [-0.1, -0.05) is 25.6 Å². The number of pyridine rings is 1. The van der Waals surface area contributed by atoms with E-state index in [0.717, 1.165) is 9.99 Å². The Bertz CT molecular complexity index is 1110. The number of halogens is 1. The molecule has 0 saturated heterocycles. The number of sulfonamides is 1. The van der Waals surface area contributed by atoms with Crippen molar-refractivity contribution < 1.29 is 13.2 Å². The Balaban J connectivity index is 1.60. The van der Waals surface area contributed by atoms with Gasteiger partial charge in [0.15, 0.2) is 10.8 Å². The Kier molecular flexibility index (Phi) is 6.93. The zero-order valence-corrected chi connectivity index (χ0v) is 19.1. The molecule has 154 valence electrons. The summed E-state index contributed by atoms with van der Waals surface area (Å²) in [5.41, 5.74) is 1.90. The number of aromatic amines is 1. The van der Waals surface area contributed by atoms with Crippen LogP contribution in [0.3, 0.4) is 0 Å². The molecular weight excluding hydrogens is 478 g/mol. The largest absolute Gasteiger partial charge is 0.331 e. The van der Waals surface area contributed by atoms with Crippen molar-refractivity contribution in [1.29, 1.82) is 0 Å². The zero-order chi connectivity index (χ0) is 21.0. The fourth-order valence-electron chi connectivity index (χ4n) is 2.67. The highest BCUT2D eigenvalue weighted by molar-refractivity contribution is 9.10. The Morgan fingerprint density at radius 1 is 1.24 bits per heavy atom. The zero-order valence-electron chi connectivity index (χ0n) is 15.8. The maximum atomic E-state index is 12.5. The Morgan fingerprint density at radius 3 is 2.59 bits per heavy atom. The Hall–Kier alpha value is -1.95. The second-order valence-corrected chi connectivity index (χ2v) is 9.83. The summed E-state index contributed by atoms with van der Waals surface area (Å²) in [6, 6.07) is 8.04. The molecule has 0 atom stereocenters. The number of thioether (sulfide) groups is 1. The van der Waals surface area contributed by atoms with Gasteiger partial charge in [0.25, 0.3) is 0 Å². The second-order valence-electron chi connectivity index (χ2n) is 6.02. The van der Waals surface area contributed by atoms with E-state index in [1.807, 2.05) is 6.07 Å². The predicted octanol–water partition coefficient (Wildman–Crippen LogP) is 3.48. The lowest BCUT2D eigenvalue weighted by atomic mass is 10.3. The highest BCUT2D eigenvalue weighted by atomic mass is 79.9. The summed E-state index contributed by atoms with van der Waals surface area (Å²) in [4.78, 5) is 24.0. The van der Waals surface area contributed by atoms with Crippen LogP contribution in [-0.2, 0) is 14.8 Å². The number of nitrogens with one attached hydrogen (secondary N) is 2. The summed E-state index contributed by atoms with van der Waals surface area (Å²) in [7, 11) is -3.51. The van der Waals surface area contributed by atoms with Gasteiger partial charge < -0.3 is 10.3 Å². The third-order valence-corrected chi connectivity index (χ3v) is 7.47. The molecular formula is C18H20BrN5O3S2. The minimum atomic E-state index is -3.51. The molecule has 0 spiro atoms. The first-order chi connectivity index (χ1) is 13.8. The van der Waals surface area contributed by atoms with Crippen molar-refractivity contribution in [3.8, 4) is 0 Å². The molecule has 1 amide bonds. The van der Waals surface area contributed by atoms with E-state index in [1.165, 1.54) is 28.2 Å².